The molecule has 1 N–H and O–H groups in total. The molecule has 1 aliphatic heterocycles. The predicted octanol–water partition coefficient (Wildman–Crippen LogP) is 3.03. The van der Waals surface area contributed by atoms with Gasteiger partial charge in [0.1, 0.15) is 5.75 Å². The third kappa shape index (κ3) is 3.53. The van der Waals surface area contributed by atoms with Crippen LogP contribution in [-0.4, -0.2) is 32.9 Å². The molecule has 0 radical (unpaired) electrons. The Hall–Kier alpha value is -1.06. The van der Waals surface area contributed by atoms with Gasteiger partial charge in [0.2, 0.25) is 0 Å². The molecule has 1 aromatic carbocycles. The normalized spacial score (nSPS) is 25.9. The number of ether oxygens (including phenoxy) is 2. The van der Waals surface area contributed by atoms with Crippen LogP contribution in [0.1, 0.15) is 32.3 Å². The highest BCUT2D eigenvalue weighted by atomic mass is 16.5. The number of hydrogen-bond acceptors (Lipinski definition) is 3. The van der Waals surface area contributed by atoms with E-state index in [1.54, 1.807) is 7.11 Å². The highest BCUT2D eigenvalue weighted by Gasteiger charge is 2.41. The molecule has 1 heterocycles. The molecule has 112 valence electrons. The van der Waals surface area contributed by atoms with Crippen molar-refractivity contribution < 1.29 is 9.47 Å². The lowest BCUT2D eigenvalue weighted by atomic mass is 9.76. The molecular weight excluding hydrogens is 250 g/mol. The van der Waals surface area contributed by atoms with E-state index in [1.165, 1.54) is 12.0 Å². The van der Waals surface area contributed by atoms with Crippen molar-refractivity contribution in [2.75, 3.05) is 26.8 Å². The van der Waals surface area contributed by atoms with Crippen LogP contribution in [0.4, 0.5) is 0 Å². The molecule has 20 heavy (non-hydrogen) atoms. The van der Waals surface area contributed by atoms with Gasteiger partial charge in [0.05, 0.1) is 13.2 Å². The monoisotopic (exact) mass is 277 g/mol. The molecule has 0 aliphatic carbocycles. The van der Waals surface area contributed by atoms with E-state index in [2.05, 4.69) is 37.4 Å². The average molecular weight is 277 g/mol. The van der Waals surface area contributed by atoms with Gasteiger partial charge in [0.25, 0.3) is 0 Å². The Kier molecular flexibility index (Phi) is 5.44. The van der Waals surface area contributed by atoms with Gasteiger partial charge >= 0.3 is 0 Å². The van der Waals surface area contributed by atoms with Gasteiger partial charge in [-0.05, 0) is 50.4 Å². The molecule has 0 amide bonds. The van der Waals surface area contributed by atoms with Gasteiger partial charge in [-0.3, -0.25) is 0 Å². The highest BCUT2D eigenvalue weighted by Crippen LogP contribution is 2.38. The standard InChI is InChI=1S/C17H27NO2/c1-4-9-18-13-17(8-10-20-14(17)2)12-15-6-5-7-16(11-15)19-3/h5-7,11,14,18H,4,8-10,12-13H2,1-3H3. The maximum Gasteiger partial charge on any atom is 0.119 e. The Morgan fingerprint density at radius 3 is 2.95 bits per heavy atom. The first-order chi connectivity index (χ1) is 9.70. The van der Waals surface area contributed by atoms with Gasteiger partial charge in [0.15, 0.2) is 0 Å². The molecule has 0 saturated carbocycles. The molecule has 2 rings (SSSR count). The quantitative estimate of drug-likeness (QED) is 0.777. The summed E-state index contributed by atoms with van der Waals surface area (Å²) in [6.45, 7) is 7.39. The zero-order valence-electron chi connectivity index (χ0n) is 12.9. The van der Waals surface area contributed by atoms with Crippen LogP contribution in [0.25, 0.3) is 0 Å². The van der Waals surface area contributed by atoms with Crippen LogP contribution in [0.5, 0.6) is 5.75 Å². The fourth-order valence-electron chi connectivity index (χ4n) is 3.05. The molecule has 1 fully saturated rings. The Morgan fingerprint density at radius 1 is 1.45 bits per heavy atom. The van der Waals surface area contributed by atoms with Gasteiger partial charge in [-0.15, -0.1) is 0 Å². The van der Waals surface area contributed by atoms with Crippen molar-refractivity contribution in [2.24, 2.45) is 5.41 Å². The summed E-state index contributed by atoms with van der Waals surface area (Å²) < 4.78 is 11.2. The topological polar surface area (TPSA) is 30.5 Å². The van der Waals surface area contributed by atoms with Crippen molar-refractivity contribution >= 4 is 0 Å². The summed E-state index contributed by atoms with van der Waals surface area (Å²) in [7, 11) is 1.72. The molecule has 0 aromatic heterocycles. The molecule has 2 unspecified atom stereocenters. The van der Waals surface area contributed by atoms with Crippen molar-refractivity contribution in [3.63, 3.8) is 0 Å². The van der Waals surface area contributed by atoms with Crippen LogP contribution in [-0.2, 0) is 11.2 Å². The van der Waals surface area contributed by atoms with E-state index < -0.39 is 0 Å². The summed E-state index contributed by atoms with van der Waals surface area (Å²) in [5.74, 6) is 0.936. The first-order valence-electron chi connectivity index (χ1n) is 7.65. The van der Waals surface area contributed by atoms with E-state index in [4.69, 9.17) is 9.47 Å². The maximum atomic E-state index is 5.86. The van der Waals surface area contributed by atoms with Crippen LogP contribution in [0.15, 0.2) is 24.3 Å². The van der Waals surface area contributed by atoms with E-state index in [9.17, 15) is 0 Å². The molecule has 0 spiro atoms. The molecule has 3 nitrogen and oxygen atoms in total. The van der Waals surface area contributed by atoms with Crippen LogP contribution in [0, 0.1) is 5.41 Å². The largest absolute Gasteiger partial charge is 0.497 e. The number of hydrogen-bond donors (Lipinski definition) is 1. The van der Waals surface area contributed by atoms with Crippen molar-refractivity contribution in [3.8, 4) is 5.75 Å². The summed E-state index contributed by atoms with van der Waals surface area (Å²) in [6, 6.07) is 8.41. The van der Waals surface area contributed by atoms with Gasteiger partial charge in [-0.1, -0.05) is 19.1 Å². The second kappa shape index (κ2) is 7.09. The third-order valence-corrected chi connectivity index (χ3v) is 4.42. The number of rotatable bonds is 7. The summed E-state index contributed by atoms with van der Waals surface area (Å²) in [6.07, 6.45) is 3.65. The molecule has 3 heteroatoms. The van der Waals surface area contributed by atoms with Gasteiger partial charge < -0.3 is 14.8 Å². The van der Waals surface area contributed by atoms with Gasteiger partial charge in [-0.2, -0.15) is 0 Å². The molecular formula is C17H27NO2. The van der Waals surface area contributed by atoms with Crippen molar-refractivity contribution in [3.05, 3.63) is 29.8 Å². The van der Waals surface area contributed by atoms with E-state index >= 15 is 0 Å². The van der Waals surface area contributed by atoms with E-state index in [0.717, 1.165) is 38.3 Å². The minimum atomic E-state index is 0.210. The lowest BCUT2D eigenvalue weighted by Gasteiger charge is -2.33. The molecule has 0 bridgehead atoms. The first kappa shape index (κ1) is 15.3. The Balaban J connectivity index is 2.10. The average Bonchev–Trinajstić information content (AvgIpc) is 2.81. The highest BCUT2D eigenvalue weighted by molar-refractivity contribution is 5.29. The van der Waals surface area contributed by atoms with Crippen molar-refractivity contribution in [1.82, 2.24) is 5.32 Å². The Labute approximate surface area is 122 Å². The van der Waals surface area contributed by atoms with Crippen LogP contribution in [0.2, 0.25) is 0 Å². The van der Waals surface area contributed by atoms with Crippen LogP contribution in [0.3, 0.4) is 0 Å². The smallest absolute Gasteiger partial charge is 0.119 e. The summed E-state index contributed by atoms with van der Waals surface area (Å²) in [4.78, 5) is 0. The van der Waals surface area contributed by atoms with Crippen molar-refractivity contribution in [1.29, 1.82) is 0 Å². The first-order valence-corrected chi connectivity index (χ1v) is 7.65. The molecule has 1 aliphatic rings. The minimum absolute atomic E-state index is 0.210. The Bertz CT molecular complexity index is 421. The zero-order valence-corrected chi connectivity index (χ0v) is 12.9. The SMILES string of the molecule is CCCNCC1(Cc2cccc(OC)c2)CCOC1C. The maximum absolute atomic E-state index is 5.86. The lowest BCUT2D eigenvalue weighted by molar-refractivity contribution is 0.0631. The second-order valence-electron chi connectivity index (χ2n) is 5.83. The second-order valence-corrected chi connectivity index (χ2v) is 5.83. The molecule has 1 aromatic rings. The summed E-state index contributed by atoms with van der Waals surface area (Å²) >= 11 is 0. The van der Waals surface area contributed by atoms with Crippen LogP contribution < -0.4 is 10.1 Å². The Morgan fingerprint density at radius 2 is 2.30 bits per heavy atom. The third-order valence-electron chi connectivity index (χ3n) is 4.42. The molecule has 2 atom stereocenters. The number of methoxy groups -OCH3 is 1. The zero-order chi connectivity index (χ0) is 14.4. The van der Waals surface area contributed by atoms with Gasteiger partial charge in [0, 0.05) is 18.6 Å². The summed E-state index contributed by atoms with van der Waals surface area (Å²) in [5, 5.41) is 3.59. The lowest BCUT2D eigenvalue weighted by Crippen LogP contribution is -2.41. The molecule has 1 saturated heterocycles. The van der Waals surface area contributed by atoms with E-state index in [-0.39, 0.29) is 5.41 Å². The van der Waals surface area contributed by atoms with E-state index in [0.29, 0.717) is 6.10 Å². The number of benzene rings is 1. The van der Waals surface area contributed by atoms with Crippen LogP contribution >= 0.6 is 0 Å². The van der Waals surface area contributed by atoms with Gasteiger partial charge in [-0.25, -0.2) is 0 Å². The fraction of sp³-hybridized carbons (Fsp3) is 0.647. The van der Waals surface area contributed by atoms with E-state index in [1.807, 2.05) is 6.07 Å². The number of nitrogens with one attached hydrogen (secondary N) is 1. The van der Waals surface area contributed by atoms with Crippen molar-refractivity contribution in [2.45, 2.75) is 39.2 Å². The predicted molar refractivity (Wildman–Crippen MR) is 82.3 cm³/mol. The summed E-state index contributed by atoms with van der Waals surface area (Å²) in [5.41, 5.74) is 1.54. The fourth-order valence-corrected chi connectivity index (χ4v) is 3.05. The minimum Gasteiger partial charge on any atom is -0.497 e.